The van der Waals surface area contributed by atoms with Crippen molar-refractivity contribution in [1.82, 2.24) is 10.0 Å². The van der Waals surface area contributed by atoms with Gasteiger partial charge in [0, 0.05) is 30.8 Å². The second-order valence-corrected chi connectivity index (χ2v) is 5.86. The molecule has 6 nitrogen and oxygen atoms in total. The minimum absolute atomic E-state index is 0. The SMILES string of the molecule is CNC(C)CNS(=O)(=O)c1cc(OC)cc(OC)c1.Cl. The Morgan fingerprint density at radius 2 is 1.65 bits per heavy atom. The molecule has 0 aliphatic carbocycles. The molecule has 116 valence electrons. The minimum Gasteiger partial charge on any atom is -0.497 e. The Balaban J connectivity index is 0.00000361. The third-order valence-electron chi connectivity index (χ3n) is 2.71. The summed E-state index contributed by atoms with van der Waals surface area (Å²) in [5.74, 6) is 0.864. The lowest BCUT2D eigenvalue weighted by molar-refractivity contribution is 0.392. The van der Waals surface area contributed by atoms with Crippen molar-refractivity contribution in [3.8, 4) is 11.5 Å². The van der Waals surface area contributed by atoms with Crippen molar-refractivity contribution in [2.75, 3.05) is 27.8 Å². The van der Waals surface area contributed by atoms with Crippen LogP contribution in [-0.2, 0) is 10.0 Å². The Morgan fingerprint density at radius 1 is 1.15 bits per heavy atom. The minimum atomic E-state index is -3.58. The Hall–Kier alpha value is -1.02. The summed E-state index contributed by atoms with van der Waals surface area (Å²) in [6.07, 6.45) is 0. The summed E-state index contributed by atoms with van der Waals surface area (Å²) in [6.45, 7) is 2.19. The largest absolute Gasteiger partial charge is 0.497 e. The first kappa shape index (κ1) is 19.0. The maximum Gasteiger partial charge on any atom is 0.240 e. The van der Waals surface area contributed by atoms with Crippen molar-refractivity contribution < 1.29 is 17.9 Å². The van der Waals surface area contributed by atoms with Crippen molar-refractivity contribution in [2.45, 2.75) is 17.9 Å². The van der Waals surface area contributed by atoms with Crippen LogP contribution in [-0.4, -0.2) is 42.3 Å². The molecule has 1 unspecified atom stereocenters. The standard InChI is InChI=1S/C12H20N2O4S.ClH/c1-9(13-2)8-14-19(15,16)12-6-10(17-3)5-11(7-12)18-4;/h5-7,9,13-14H,8H2,1-4H3;1H. The van der Waals surface area contributed by atoms with Gasteiger partial charge in [-0.05, 0) is 14.0 Å². The Bertz CT molecular complexity index is 500. The average Bonchev–Trinajstić information content (AvgIpc) is 2.43. The second kappa shape index (κ2) is 8.31. The number of ether oxygens (including phenoxy) is 2. The third kappa shape index (κ3) is 5.16. The highest BCUT2D eigenvalue weighted by Crippen LogP contribution is 2.25. The van der Waals surface area contributed by atoms with E-state index in [0.717, 1.165) is 0 Å². The molecule has 0 heterocycles. The van der Waals surface area contributed by atoms with E-state index < -0.39 is 10.0 Å². The fourth-order valence-electron chi connectivity index (χ4n) is 1.36. The summed E-state index contributed by atoms with van der Waals surface area (Å²) in [4.78, 5) is 0.118. The highest BCUT2D eigenvalue weighted by molar-refractivity contribution is 7.89. The van der Waals surface area contributed by atoms with Crippen LogP contribution in [0.5, 0.6) is 11.5 Å². The first-order chi connectivity index (χ1) is 8.92. The van der Waals surface area contributed by atoms with Crippen molar-refractivity contribution in [3.63, 3.8) is 0 Å². The van der Waals surface area contributed by atoms with E-state index in [1.165, 1.54) is 26.4 Å². The van der Waals surface area contributed by atoms with Gasteiger partial charge in [-0.3, -0.25) is 0 Å². The van der Waals surface area contributed by atoms with Gasteiger partial charge < -0.3 is 14.8 Å². The van der Waals surface area contributed by atoms with Crippen LogP contribution in [0.25, 0.3) is 0 Å². The number of nitrogens with one attached hydrogen (secondary N) is 2. The normalized spacial score (nSPS) is 12.4. The molecule has 0 aliphatic heterocycles. The second-order valence-electron chi connectivity index (χ2n) is 4.09. The lowest BCUT2D eigenvalue weighted by Gasteiger charge is -2.13. The topological polar surface area (TPSA) is 76.7 Å². The van der Waals surface area contributed by atoms with E-state index in [4.69, 9.17) is 9.47 Å². The zero-order valence-corrected chi connectivity index (χ0v) is 13.6. The van der Waals surface area contributed by atoms with Crippen molar-refractivity contribution in [1.29, 1.82) is 0 Å². The maximum absolute atomic E-state index is 12.1. The predicted molar refractivity (Wildman–Crippen MR) is 80.5 cm³/mol. The Labute approximate surface area is 126 Å². The molecule has 0 saturated carbocycles. The van der Waals surface area contributed by atoms with Crippen LogP contribution in [0.3, 0.4) is 0 Å². The van der Waals surface area contributed by atoms with Crippen LogP contribution < -0.4 is 19.5 Å². The van der Waals surface area contributed by atoms with Gasteiger partial charge in [-0.15, -0.1) is 12.4 Å². The monoisotopic (exact) mass is 324 g/mol. The van der Waals surface area contributed by atoms with Gasteiger partial charge >= 0.3 is 0 Å². The van der Waals surface area contributed by atoms with Gasteiger partial charge in [0.15, 0.2) is 0 Å². The molecule has 20 heavy (non-hydrogen) atoms. The van der Waals surface area contributed by atoms with Crippen LogP contribution in [0.2, 0.25) is 0 Å². The molecule has 0 amide bonds. The van der Waals surface area contributed by atoms with E-state index in [1.54, 1.807) is 13.1 Å². The molecule has 8 heteroatoms. The van der Waals surface area contributed by atoms with Gasteiger partial charge in [0.1, 0.15) is 11.5 Å². The molecule has 0 aromatic heterocycles. The molecular formula is C12H21ClN2O4S. The summed E-state index contributed by atoms with van der Waals surface area (Å²) >= 11 is 0. The summed E-state index contributed by atoms with van der Waals surface area (Å²) in [5.41, 5.74) is 0. The molecular weight excluding hydrogens is 304 g/mol. The molecule has 0 radical (unpaired) electrons. The first-order valence-electron chi connectivity index (χ1n) is 5.83. The Morgan fingerprint density at radius 3 is 2.05 bits per heavy atom. The Kier molecular flexibility index (Phi) is 7.88. The maximum atomic E-state index is 12.1. The van der Waals surface area contributed by atoms with Gasteiger partial charge in [-0.1, -0.05) is 0 Å². The highest BCUT2D eigenvalue weighted by atomic mass is 35.5. The van der Waals surface area contributed by atoms with Crippen molar-refractivity contribution >= 4 is 22.4 Å². The van der Waals surface area contributed by atoms with E-state index >= 15 is 0 Å². The number of benzene rings is 1. The van der Waals surface area contributed by atoms with Crippen LogP contribution in [0.15, 0.2) is 23.1 Å². The van der Waals surface area contributed by atoms with E-state index in [9.17, 15) is 8.42 Å². The van der Waals surface area contributed by atoms with Crippen LogP contribution in [0.4, 0.5) is 0 Å². The number of halogens is 1. The van der Waals surface area contributed by atoms with Gasteiger partial charge in [0.2, 0.25) is 10.0 Å². The van der Waals surface area contributed by atoms with Crippen LogP contribution >= 0.6 is 12.4 Å². The molecule has 0 bridgehead atoms. The molecule has 2 N–H and O–H groups in total. The number of hydrogen-bond acceptors (Lipinski definition) is 5. The van der Waals surface area contributed by atoms with Gasteiger partial charge in [0.25, 0.3) is 0 Å². The lowest BCUT2D eigenvalue weighted by Crippen LogP contribution is -2.37. The molecule has 1 aromatic carbocycles. The van der Waals surface area contributed by atoms with Gasteiger partial charge in [-0.25, -0.2) is 13.1 Å². The van der Waals surface area contributed by atoms with E-state index in [-0.39, 0.29) is 23.3 Å². The van der Waals surface area contributed by atoms with Crippen LogP contribution in [0, 0.1) is 0 Å². The molecule has 0 saturated heterocycles. The summed E-state index contributed by atoms with van der Waals surface area (Å²) in [6, 6.07) is 4.57. The molecule has 1 rings (SSSR count). The van der Waals surface area contributed by atoms with Gasteiger partial charge in [-0.2, -0.15) is 0 Å². The molecule has 0 aliphatic rings. The summed E-state index contributed by atoms with van der Waals surface area (Å²) in [7, 11) is 1.14. The average molecular weight is 325 g/mol. The third-order valence-corrected chi connectivity index (χ3v) is 4.11. The summed E-state index contributed by atoms with van der Waals surface area (Å²) < 4.78 is 36.9. The highest BCUT2D eigenvalue weighted by Gasteiger charge is 2.17. The van der Waals surface area contributed by atoms with E-state index in [0.29, 0.717) is 18.0 Å². The smallest absolute Gasteiger partial charge is 0.240 e. The zero-order valence-electron chi connectivity index (χ0n) is 12.0. The van der Waals surface area contributed by atoms with Crippen LogP contribution in [0.1, 0.15) is 6.92 Å². The number of likely N-dealkylation sites (N-methyl/N-ethyl adjacent to an activating group) is 1. The van der Waals surface area contributed by atoms with E-state index in [1.807, 2.05) is 6.92 Å². The van der Waals surface area contributed by atoms with Crippen molar-refractivity contribution in [3.05, 3.63) is 18.2 Å². The molecule has 1 atom stereocenters. The first-order valence-corrected chi connectivity index (χ1v) is 7.31. The molecule has 0 spiro atoms. The number of hydrogen-bond donors (Lipinski definition) is 2. The molecule has 0 fully saturated rings. The number of sulfonamides is 1. The predicted octanol–water partition coefficient (Wildman–Crippen LogP) is 1.01. The van der Waals surface area contributed by atoms with Gasteiger partial charge in [0.05, 0.1) is 19.1 Å². The summed E-state index contributed by atoms with van der Waals surface area (Å²) in [5, 5.41) is 2.96. The molecule has 1 aromatic rings. The van der Waals surface area contributed by atoms with E-state index in [2.05, 4.69) is 10.0 Å². The number of methoxy groups -OCH3 is 2. The zero-order chi connectivity index (χ0) is 14.5. The van der Waals surface area contributed by atoms with Crippen molar-refractivity contribution in [2.24, 2.45) is 0 Å². The fourth-order valence-corrected chi connectivity index (χ4v) is 2.54. The quantitative estimate of drug-likeness (QED) is 0.783. The lowest BCUT2D eigenvalue weighted by atomic mass is 10.3. The number of rotatable bonds is 7. The fraction of sp³-hybridized carbons (Fsp3) is 0.500.